The molecule has 4 heteroatoms. The van der Waals surface area contributed by atoms with Crippen LogP contribution in [0.4, 0.5) is 0 Å². The van der Waals surface area contributed by atoms with Crippen molar-refractivity contribution in [3.63, 3.8) is 0 Å². The van der Waals surface area contributed by atoms with E-state index in [0.29, 0.717) is 6.04 Å². The summed E-state index contributed by atoms with van der Waals surface area (Å²) in [5.41, 5.74) is 0.751. The topological polar surface area (TPSA) is 34.0 Å². The Bertz CT molecular complexity index is 380. The van der Waals surface area contributed by atoms with Gasteiger partial charge in [-0.3, -0.25) is 4.79 Å². The first-order chi connectivity index (χ1) is 7.70. The van der Waals surface area contributed by atoms with Crippen molar-refractivity contribution in [2.75, 3.05) is 0 Å². The quantitative estimate of drug-likeness (QED) is 0.910. The van der Waals surface area contributed by atoms with Gasteiger partial charge in [0, 0.05) is 23.3 Å². The summed E-state index contributed by atoms with van der Waals surface area (Å²) in [7, 11) is 0. The predicted molar refractivity (Wildman–Crippen MR) is 67.5 cm³/mol. The van der Waals surface area contributed by atoms with Gasteiger partial charge in [-0.1, -0.05) is 12.8 Å². The van der Waals surface area contributed by atoms with E-state index >= 15 is 0 Å². The summed E-state index contributed by atoms with van der Waals surface area (Å²) in [6, 6.07) is 2.26. The Morgan fingerprint density at radius 1 is 1.56 bits per heavy atom. The number of hydrogen-bond acceptors (Lipinski definition) is 1. The lowest BCUT2D eigenvalue weighted by molar-refractivity contribution is 0.0928. The van der Waals surface area contributed by atoms with Crippen molar-refractivity contribution in [3.8, 4) is 0 Å². The van der Waals surface area contributed by atoms with E-state index in [2.05, 4.69) is 21.2 Å². The summed E-state index contributed by atoms with van der Waals surface area (Å²) in [4.78, 5) is 12.0. The van der Waals surface area contributed by atoms with Gasteiger partial charge < -0.3 is 9.88 Å². The van der Waals surface area contributed by atoms with Crippen LogP contribution in [0.3, 0.4) is 0 Å². The molecule has 0 atom stereocenters. The Morgan fingerprint density at radius 3 is 2.88 bits per heavy atom. The van der Waals surface area contributed by atoms with Gasteiger partial charge in [0.2, 0.25) is 0 Å². The van der Waals surface area contributed by atoms with Gasteiger partial charge in [0.1, 0.15) is 5.69 Å². The minimum atomic E-state index is 0.0550. The molecule has 0 saturated heterocycles. The Kier molecular flexibility index (Phi) is 3.69. The molecule has 1 aromatic rings. The highest BCUT2D eigenvalue weighted by Crippen LogP contribution is 2.19. The molecule has 1 aliphatic carbocycles. The zero-order valence-electron chi connectivity index (χ0n) is 9.50. The minimum absolute atomic E-state index is 0.0550. The fourth-order valence-electron chi connectivity index (χ4n) is 2.26. The standard InChI is InChI=1S/C12H17BrN2O/c1-2-15-8-9(13)7-11(15)12(16)14-10-5-3-4-6-10/h7-8,10H,2-6H2,1H3,(H,14,16). The van der Waals surface area contributed by atoms with E-state index in [-0.39, 0.29) is 5.91 Å². The van der Waals surface area contributed by atoms with Crippen LogP contribution in [0.5, 0.6) is 0 Å². The van der Waals surface area contributed by atoms with Crippen molar-refractivity contribution in [1.82, 2.24) is 9.88 Å². The number of amides is 1. The van der Waals surface area contributed by atoms with Crippen molar-refractivity contribution in [2.45, 2.75) is 45.2 Å². The molecule has 1 fully saturated rings. The number of aryl methyl sites for hydroxylation is 1. The van der Waals surface area contributed by atoms with Crippen LogP contribution in [-0.4, -0.2) is 16.5 Å². The van der Waals surface area contributed by atoms with Gasteiger partial charge in [0.25, 0.3) is 5.91 Å². The third-order valence-electron chi connectivity index (χ3n) is 3.13. The van der Waals surface area contributed by atoms with Crippen molar-refractivity contribution in [1.29, 1.82) is 0 Å². The van der Waals surface area contributed by atoms with E-state index in [9.17, 15) is 4.79 Å². The maximum atomic E-state index is 12.0. The summed E-state index contributed by atoms with van der Waals surface area (Å²) >= 11 is 3.40. The van der Waals surface area contributed by atoms with Crippen LogP contribution in [0, 0.1) is 0 Å². The first-order valence-electron chi connectivity index (χ1n) is 5.87. The molecule has 3 nitrogen and oxygen atoms in total. The van der Waals surface area contributed by atoms with Crippen molar-refractivity contribution >= 4 is 21.8 Å². The van der Waals surface area contributed by atoms with E-state index in [0.717, 1.165) is 29.6 Å². The van der Waals surface area contributed by atoms with E-state index in [1.807, 2.05) is 23.8 Å². The van der Waals surface area contributed by atoms with E-state index in [1.54, 1.807) is 0 Å². The second-order valence-corrected chi connectivity index (χ2v) is 5.20. The third-order valence-corrected chi connectivity index (χ3v) is 3.56. The van der Waals surface area contributed by atoms with Crippen LogP contribution >= 0.6 is 15.9 Å². The Labute approximate surface area is 104 Å². The van der Waals surface area contributed by atoms with E-state index in [1.165, 1.54) is 12.8 Å². The fraction of sp³-hybridized carbons (Fsp3) is 0.583. The van der Waals surface area contributed by atoms with E-state index < -0.39 is 0 Å². The molecule has 88 valence electrons. The Morgan fingerprint density at radius 2 is 2.25 bits per heavy atom. The second-order valence-electron chi connectivity index (χ2n) is 4.28. The molecule has 1 saturated carbocycles. The van der Waals surface area contributed by atoms with Gasteiger partial charge in [0.05, 0.1) is 0 Å². The maximum absolute atomic E-state index is 12.0. The Balaban J connectivity index is 2.07. The SMILES string of the molecule is CCn1cc(Br)cc1C(=O)NC1CCCC1. The van der Waals surface area contributed by atoms with Gasteiger partial charge in [0.15, 0.2) is 0 Å². The largest absolute Gasteiger partial charge is 0.348 e. The zero-order valence-corrected chi connectivity index (χ0v) is 11.1. The first kappa shape index (κ1) is 11.7. The lowest BCUT2D eigenvalue weighted by Crippen LogP contribution is -2.33. The maximum Gasteiger partial charge on any atom is 0.268 e. The molecule has 0 aromatic carbocycles. The van der Waals surface area contributed by atoms with Crippen LogP contribution in [0.1, 0.15) is 43.1 Å². The molecular weight excluding hydrogens is 268 g/mol. The first-order valence-corrected chi connectivity index (χ1v) is 6.66. The number of nitrogens with one attached hydrogen (secondary N) is 1. The number of nitrogens with zero attached hydrogens (tertiary/aromatic N) is 1. The number of halogens is 1. The summed E-state index contributed by atoms with van der Waals surface area (Å²) in [6.07, 6.45) is 6.68. The van der Waals surface area contributed by atoms with Crippen LogP contribution in [0.25, 0.3) is 0 Å². The van der Waals surface area contributed by atoms with Crippen LogP contribution in [0.2, 0.25) is 0 Å². The van der Waals surface area contributed by atoms with Crippen molar-refractivity contribution in [2.24, 2.45) is 0 Å². The predicted octanol–water partition coefficient (Wildman–Crippen LogP) is 2.94. The molecule has 16 heavy (non-hydrogen) atoms. The number of aromatic nitrogens is 1. The average Bonchev–Trinajstić information content (AvgIpc) is 2.86. The fourth-order valence-corrected chi connectivity index (χ4v) is 2.72. The molecule has 1 aromatic heterocycles. The summed E-state index contributed by atoms with van der Waals surface area (Å²) in [5, 5.41) is 3.10. The van der Waals surface area contributed by atoms with Gasteiger partial charge in [-0.05, 0) is 41.8 Å². The Hall–Kier alpha value is -0.770. The molecule has 0 unspecified atom stereocenters. The van der Waals surface area contributed by atoms with Gasteiger partial charge in [-0.25, -0.2) is 0 Å². The van der Waals surface area contributed by atoms with Crippen molar-refractivity contribution < 1.29 is 4.79 Å². The molecule has 1 amide bonds. The number of hydrogen-bond donors (Lipinski definition) is 1. The smallest absolute Gasteiger partial charge is 0.268 e. The number of rotatable bonds is 3. The molecule has 0 bridgehead atoms. The highest BCUT2D eigenvalue weighted by molar-refractivity contribution is 9.10. The molecule has 2 rings (SSSR count). The molecule has 0 radical (unpaired) electrons. The normalized spacial score (nSPS) is 16.6. The monoisotopic (exact) mass is 284 g/mol. The highest BCUT2D eigenvalue weighted by Gasteiger charge is 2.19. The van der Waals surface area contributed by atoms with Gasteiger partial charge in [-0.15, -0.1) is 0 Å². The lowest BCUT2D eigenvalue weighted by Gasteiger charge is -2.12. The zero-order chi connectivity index (χ0) is 11.5. The van der Waals surface area contributed by atoms with Gasteiger partial charge in [-0.2, -0.15) is 0 Å². The van der Waals surface area contributed by atoms with Crippen LogP contribution in [-0.2, 0) is 6.54 Å². The lowest BCUT2D eigenvalue weighted by atomic mass is 10.2. The minimum Gasteiger partial charge on any atom is -0.348 e. The second kappa shape index (κ2) is 5.04. The average molecular weight is 285 g/mol. The molecule has 0 aliphatic heterocycles. The molecular formula is C12H17BrN2O. The summed E-state index contributed by atoms with van der Waals surface area (Å²) in [5.74, 6) is 0.0550. The summed E-state index contributed by atoms with van der Waals surface area (Å²) in [6.45, 7) is 2.86. The number of carbonyl (C=O) groups excluding carboxylic acids is 1. The van der Waals surface area contributed by atoms with Gasteiger partial charge >= 0.3 is 0 Å². The highest BCUT2D eigenvalue weighted by atomic mass is 79.9. The van der Waals surface area contributed by atoms with Crippen LogP contribution in [0.15, 0.2) is 16.7 Å². The molecule has 1 N–H and O–H groups in total. The van der Waals surface area contributed by atoms with Crippen molar-refractivity contribution in [3.05, 3.63) is 22.4 Å². The molecule has 1 aliphatic rings. The third kappa shape index (κ3) is 2.48. The number of carbonyl (C=O) groups is 1. The van der Waals surface area contributed by atoms with E-state index in [4.69, 9.17) is 0 Å². The molecule has 0 spiro atoms. The summed E-state index contributed by atoms with van der Waals surface area (Å²) < 4.78 is 2.93. The van der Waals surface area contributed by atoms with Crippen LogP contribution < -0.4 is 5.32 Å². The molecule has 1 heterocycles.